The Labute approximate surface area is 141 Å². The van der Waals surface area contributed by atoms with Gasteiger partial charge in [0.05, 0.1) is 12.7 Å². The number of halogens is 5. The second kappa shape index (κ2) is 8.57. The molecule has 0 N–H and O–H groups in total. The van der Waals surface area contributed by atoms with Gasteiger partial charge in [-0.3, -0.25) is 4.79 Å². The average molecular weight is 367 g/mol. The van der Waals surface area contributed by atoms with E-state index in [0.717, 1.165) is 0 Å². The first-order chi connectivity index (χ1) is 11.8. The average Bonchev–Trinajstić information content (AvgIpc) is 2.54. The molecule has 25 heavy (non-hydrogen) atoms. The summed E-state index contributed by atoms with van der Waals surface area (Å²) in [5.74, 6) is -5.25. The van der Waals surface area contributed by atoms with Crippen molar-refractivity contribution >= 4 is 5.91 Å². The second-order valence-electron chi connectivity index (χ2n) is 5.72. The van der Waals surface area contributed by atoms with Crippen molar-refractivity contribution in [1.29, 1.82) is 0 Å². The van der Waals surface area contributed by atoms with Crippen LogP contribution in [0.2, 0.25) is 0 Å². The van der Waals surface area contributed by atoms with Crippen molar-refractivity contribution in [2.24, 2.45) is 0 Å². The molecule has 1 amide bonds. The molecule has 9 heteroatoms. The predicted molar refractivity (Wildman–Crippen MR) is 78.2 cm³/mol. The van der Waals surface area contributed by atoms with Crippen molar-refractivity contribution in [1.82, 2.24) is 4.90 Å². The van der Waals surface area contributed by atoms with Gasteiger partial charge in [-0.1, -0.05) is 12.1 Å². The summed E-state index contributed by atoms with van der Waals surface area (Å²) in [6.45, 7) is -1.57. The van der Waals surface area contributed by atoms with Crippen LogP contribution in [0.1, 0.15) is 5.56 Å². The van der Waals surface area contributed by atoms with E-state index >= 15 is 0 Å². The van der Waals surface area contributed by atoms with E-state index in [1.54, 1.807) is 12.1 Å². The van der Waals surface area contributed by atoms with Gasteiger partial charge in [0.1, 0.15) is 19.0 Å². The van der Waals surface area contributed by atoms with Crippen LogP contribution in [0.3, 0.4) is 0 Å². The van der Waals surface area contributed by atoms with Gasteiger partial charge in [-0.05, 0) is 17.7 Å². The molecule has 140 valence electrons. The molecular weight excluding hydrogens is 349 g/mol. The zero-order valence-electron chi connectivity index (χ0n) is 13.3. The molecule has 0 bridgehead atoms. The van der Waals surface area contributed by atoms with E-state index in [4.69, 9.17) is 4.74 Å². The molecule has 0 aromatic heterocycles. The molecule has 0 spiro atoms. The number of carbonyl (C=O) groups is 1. The number of amides is 1. The monoisotopic (exact) mass is 367 g/mol. The summed E-state index contributed by atoms with van der Waals surface area (Å²) in [6, 6.07) is 5.96. The third-order valence-corrected chi connectivity index (χ3v) is 3.68. The summed E-state index contributed by atoms with van der Waals surface area (Å²) in [6.07, 6.45) is -3.84. The summed E-state index contributed by atoms with van der Waals surface area (Å²) in [5.41, 5.74) is 0.701. The maximum Gasteiger partial charge on any atom is 0.330 e. The zero-order valence-corrected chi connectivity index (χ0v) is 13.3. The van der Waals surface area contributed by atoms with Gasteiger partial charge in [-0.2, -0.15) is 8.78 Å². The lowest BCUT2D eigenvalue weighted by Crippen LogP contribution is -2.48. The van der Waals surface area contributed by atoms with Crippen molar-refractivity contribution in [2.75, 3.05) is 32.9 Å². The van der Waals surface area contributed by atoms with E-state index in [9.17, 15) is 26.7 Å². The Balaban J connectivity index is 1.80. The highest BCUT2D eigenvalue weighted by Crippen LogP contribution is 2.22. The second-order valence-corrected chi connectivity index (χ2v) is 5.72. The Bertz CT molecular complexity index is 585. The summed E-state index contributed by atoms with van der Waals surface area (Å²) in [5, 5.41) is 0. The highest BCUT2D eigenvalue weighted by Gasteiger charge is 2.41. The Hall–Kier alpha value is -1.74. The minimum atomic E-state index is -4.29. The molecule has 1 atom stereocenters. The predicted octanol–water partition coefficient (Wildman–Crippen LogP) is 2.51. The lowest BCUT2D eigenvalue weighted by Gasteiger charge is -2.33. The summed E-state index contributed by atoms with van der Waals surface area (Å²) in [4.78, 5) is 13.3. The van der Waals surface area contributed by atoms with Crippen LogP contribution in [0, 0.1) is 5.82 Å². The van der Waals surface area contributed by atoms with Crippen LogP contribution in [0.4, 0.5) is 22.0 Å². The first-order valence-electron chi connectivity index (χ1n) is 7.65. The first-order valence-corrected chi connectivity index (χ1v) is 7.65. The van der Waals surface area contributed by atoms with Crippen LogP contribution < -0.4 is 0 Å². The number of alkyl halides is 4. The SMILES string of the molecule is O=C(COCC(F)(F)C(F)F)N1CCO[C@H](Cc2cccc(F)c2)C1. The maximum absolute atomic E-state index is 13.2. The zero-order chi connectivity index (χ0) is 18.4. The fourth-order valence-corrected chi connectivity index (χ4v) is 2.42. The van der Waals surface area contributed by atoms with Crippen molar-refractivity contribution in [3.8, 4) is 0 Å². The topological polar surface area (TPSA) is 38.8 Å². The Morgan fingerprint density at radius 3 is 2.84 bits per heavy atom. The molecule has 0 aliphatic carbocycles. The largest absolute Gasteiger partial charge is 0.374 e. The maximum atomic E-state index is 13.2. The van der Waals surface area contributed by atoms with Crippen molar-refractivity contribution in [3.05, 3.63) is 35.6 Å². The fourth-order valence-electron chi connectivity index (χ4n) is 2.42. The number of ether oxygens (including phenoxy) is 2. The normalized spacial score (nSPS) is 18.6. The van der Waals surface area contributed by atoms with Gasteiger partial charge < -0.3 is 14.4 Å². The highest BCUT2D eigenvalue weighted by molar-refractivity contribution is 5.77. The van der Waals surface area contributed by atoms with E-state index in [0.29, 0.717) is 12.0 Å². The van der Waals surface area contributed by atoms with Crippen LogP contribution in [-0.4, -0.2) is 62.2 Å². The molecule has 0 unspecified atom stereocenters. The molecule has 0 radical (unpaired) electrons. The van der Waals surface area contributed by atoms with Crippen LogP contribution in [0.15, 0.2) is 24.3 Å². The molecule has 0 saturated carbocycles. The summed E-state index contributed by atoms with van der Waals surface area (Å²) in [7, 11) is 0. The minimum Gasteiger partial charge on any atom is -0.374 e. The third kappa shape index (κ3) is 5.93. The van der Waals surface area contributed by atoms with Gasteiger partial charge in [-0.15, -0.1) is 0 Å². The molecule has 1 aliphatic rings. The smallest absolute Gasteiger partial charge is 0.330 e. The number of morpholine rings is 1. The quantitative estimate of drug-likeness (QED) is 0.696. The van der Waals surface area contributed by atoms with Crippen molar-refractivity contribution in [3.63, 3.8) is 0 Å². The number of hydrogen-bond acceptors (Lipinski definition) is 3. The Morgan fingerprint density at radius 1 is 1.40 bits per heavy atom. The van der Waals surface area contributed by atoms with Crippen LogP contribution >= 0.6 is 0 Å². The molecule has 1 saturated heterocycles. The van der Waals surface area contributed by atoms with Crippen LogP contribution in [0.25, 0.3) is 0 Å². The number of rotatable bonds is 7. The lowest BCUT2D eigenvalue weighted by atomic mass is 10.1. The molecule has 4 nitrogen and oxygen atoms in total. The number of benzene rings is 1. The van der Waals surface area contributed by atoms with E-state index in [1.807, 2.05) is 0 Å². The number of nitrogens with zero attached hydrogens (tertiary/aromatic N) is 1. The van der Waals surface area contributed by atoms with Gasteiger partial charge in [0.2, 0.25) is 5.91 Å². The van der Waals surface area contributed by atoms with E-state index in [1.165, 1.54) is 17.0 Å². The van der Waals surface area contributed by atoms with Crippen molar-refractivity contribution < 1.29 is 36.2 Å². The highest BCUT2D eigenvalue weighted by atomic mass is 19.3. The van der Waals surface area contributed by atoms with Gasteiger partial charge in [-0.25, -0.2) is 13.2 Å². The van der Waals surface area contributed by atoms with E-state index < -0.39 is 31.5 Å². The Morgan fingerprint density at radius 2 is 2.16 bits per heavy atom. The molecule has 1 fully saturated rings. The van der Waals surface area contributed by atoms with Crippen molar-refractivity contribution in [2.45, 2.75) is 24.9 Å². The lowest BCUT2D eigenvalue weighted by molar-refractivity contribution is -0.172. The molecule has 1 aromatic rings. The molecule has 1 aromatic carbocycles. The van der Waals surface area contributed by atoms with Gasteiger partial charge in [0.25, 0.3) is 0 Å². The van der Waals surface area contributed by atoms with Crippen LogP contribution in [-0.2, 0) is 20.7 Å². The fraction of sp³-hybridized carbons (Fsp3) is 0.562. The molecular formula is C16H18F5NO3. The first kappa shape index (κ1) is 19.6. The van der Waals surface area contributed by atoms with E-state index in [2.05, 4.69) is 4.74 Å². The van der Waals surface area contributed by atoms with Gasteiger partial charge in [0, 0.05) is 19.5 Å². The number of carbonyl (C=O) groups excluding carboxylic acids is 1. The molecule has 1 heterocycles. The van der Waals surface area contributed by atoms with Gasteiger partial charge in [0.15, 0.2) is 0 Å². The van der Waals surface area contributed by atoms with Gasteiger partial charge >= 0.3 is 12.3 Å². The minimum absolute atomic E-state index is 0.184. The molecule has 1 aliphatic heterocycles. The summed E-state index contributed by atoms with van der Waals surface area (Å²) < 4.78 is 72.6. The third-order valence-electron chi connectivity index (χ3n) is 3.68. The Kier molecular flexibility index (Phi) is 6.71. The standard InChI is InChI=1S/C16H18F5NO3/c17-12-3-1-2-11(6-12)7-13-8-22(4-5-25-13)14(23)9-24-10-16(20,21)15(18)19/h1-3,6,13,15H,4-5,7-10H2/t13-/m1/s1. The molecule has 2 rings (SSSR count). The van der Waals surface area contributed by atoms with Crippen LogP contribution in [0.5, 0.6) is 0 Å². The summed E-state index contributed by atoms with van der Waals surface area (Å²) >= 11 is 0. The number of hydrogen-bond donors (Lipinski definition) is 0. The van der Waals surface area contributed by atoms with E-state index in [-0.39, 0.29) is 31.6 Å².